The van der Waals surface area contributed by atoms with Crippen molar-refractivity contribution in [2.75, 3.05) is 5.88 Å². The van der Waals surface area contributed by atoms with Crippen LogP contribution in [0.2, 0.25) is 0 Å². The number of halogens is 1. The van der Waals surface area contributed by atoms with Gasteiger partial charge in [-0.2, -0.15) is 0 Å². The summed E-state index contributed by atoms with van der Waals surface area (Å²) in [5.41, 5.74) is 2.80. The van der Waals surface area contributed by atoms with Gasteiger partial charge in [-0.25, -0.2) is 0 Å². The Morgan fingerprint density at radius 1 is 1.39 bits per heavy atom. The van der Waals surface area contributed by atoms with Gasteiger partial charge in [-0.15, -0.1) is 22.9 Å². The Balaban J connectivity index is 1.96. The van der Waals surface area contributed by atoms with E-state index >= 15 is 0 Å². The predicted octanol–water partition coefficient (Wildman–Crippen LogP) is 2.72. The minimum absolute atomic E-state index is 0.0660. The molecular formula is C13H13ClN2OS. The van der Waals surface area contributed by atoms with E-state index in [1.54, 1.807) is 11.7 Å². The normalized spacial score (nSPS) is 12.1. The number of amides is 1. The van der Waals surface area contributed by atoms with E-state index in [1.165, 1.54) is 11.3 Å². The van der Waals surface area contributed by atoms with Gasteiger partial charge in [0.1, 0.15) is 4.88 Å². The van der Waals surface area contributed by atoms with Crippen LogP contribution in [-0.4, -0.2) is 22.8 Å². The minimum Gasteiger partial charge on any atom is -0.347 e. The molecule has 1 amide bonds. The molecule has 0 aliphatic rings. The van der Waals surface area contributed by atoms with E-state index in [0.717, 1.165) is 12.0 Å². The van der Waals surface area contributed by atoms with E-state index in [1.807, 2.05) is 30.3 Å². The maximum atomic E-state index is 11.9. The van der Waals surface area contributed by atoms with Gasteiger partial charge in [0.05, 0.1) is 11.7 Å². The molecule has 0 spiro atoms. The summed E-state index contributed by atoms with van der Waals surface area (Å²) < 4.78 is 0. The molecule has 0 saturated carbocycles. The molecule has 1 heterocycles. The highest BCUT2D eigenvalue weighted by Gasteiger charge is 2.14. The standard InChI is InChI=1S/C13H13ClN2OS/c14-7-11(6-10-4-2-1-3-5-10)16-13(17)12-8-15-9-18-12/h1-5,8-9,11H,6-7H2,(H,16,17). The second-order valence-corrected chi connectivity index (χ2v) is 5.08. The lowest BCUT2D eigenvalue weighted by atomic mass is 10.1. The van der Waals surface area contributed by atoms with Gasteiger partial charge in [-0.3, -0.25) is 9.78 Å². The molecule has 5 heteroatoms. The largest absolute Gasteiger partial charge is 0.347 e. The Morgan fingerprint density at radius 3 is 2.78 bits per heavy atom. The van der Waals surface area contributed by atoms with Gasteiger partial charge in [0.2, 0.25) is 0 Å². The van der Waals surface area contributed by atoms with Crippen molar-refractivity contribution in [3.63, 3.8) is 0 Å². The first kappa shape index (κ1) is 13.1. The summed E-state index contributed by atoms with van der Waals surface area (Å²) >= 11 is 7.22. The van der Waals surface area contributed by atoms with Crippen LogP contribution in [0.4, 0.5) is 0 Å². The molecular weight excluding hydrogens is 268 g/mol. The van der Waals surface area contributed by atoms with Crippen molar-refractivity contribution in [1.82, 2.24) is 10.3 Å². The van der Waals surface area contributed by atoms with Crippen LogP contribution in [0.3, 0.4) is 0 Å². The molecule has 1 aromatic heterocycles. The molecule has 0 radical (unpaired) electrons. The van der Waals surface area contributed by atoms with Gasteiger partial charge in [0.15, 0.2) is 0 Å². The van der Waals surface area contributed by atoms with Gasteiger partial charge < -0.3 is 5.32 Å². The average Bonchev–Trinajstić information content (AvgIpc) is 2.93. The fourth-order valence-corrected chi connectivity index (χ4v) is 2.34. The highest BCUT2D eigenvalue weighted by molar-refractivity contribution is 7.11. The fraction of sp³-hybridized carbons (Fsp3) is 0.231. The molecule has 0 fully saturated rings. The number of rotatable bonds is 5. The van der Waals surface area contributed by atoms with E-state index in [4.69, 9.17) is 11.6 Å². The van der Waals surface area contributed by atoms with Crippen molar-refractivity contribution < 1.29 is 4.79 Å². The summed E-state index contributed by atoms with van der Waals surface area (Å²) in [5, 5.41) is 2.92. The zero-order valence-electron chi connectivity index (χ0n) is 9.67. The highest BCUT2D eigenvalue weighted by Crippen LogP contribution is 2.08. The number of hydrogen-bond donors (Lipinski definition) is 1. The zero-order chi connectivity index (χ0) is 12.8. The van der Waals surface area contributed by atoms with Crippen molar-refractivity contribution in [3.05, 3.63) is 52.5 Å². The lowest BCUT2D eigenvalue weighted by Gasteiger charge is -2.15. The first-order valence-corrected chi connectivity index (χ1v) is 7.00. The summed E-state index contributed by atoms with van der Waals surface area (Å²) in [6.07, 6.45) is 2.29. The Hall–Kier alpha value is -1.39. The number of nitrogens with one attached hydrogen (secondary N) is 1. The quantitative estimate of drug-likeness (QED) is 0.856. The van der Waals surface area contributed by atoms with Crippen LogP contribution in [-0.2, 0) is 6.42 Å². The number of nitrogens with zero attached hydrogens (tertiary/aromatic N) is 1. The first-order chi connectivity index (χ1) is 8.79. The van der Waals surface area contributed by atoms with Gasteiger partial charge in [-0.1, -0.05) is 30.3 Å². The van der Waals surface area contributed by atoms with E-state index in [-0.39, 0.29) is 11.9 Å². The second-order valence-electron chi connectivity index (χ2n) is 3.88. The van der Waals surface area contributed by atoms with Crippen molar-refractivity contribution in [1.29, 1.82) is 0 Å². The van der Waals surface area contributed by atoms with Gasteiger partial charge in [0, 0.05) is 11.9 Å². The smallest absolute Gasteiger partial charge is 0.263 e. The fourth-order valence-electron chi connectivity index (χ4n) is 1.63. The third-order valence-corrected chi connectivity index (χ3v) is 3.65. The molecule has 1 N–H and O–H groups in total. The Morgan fingerprint density at radius 2 is 2.17 bits per heavy atom. The van der Waals surface area contributed by atoms with Crippen molar-refractivity contribution >= 4 is 28.8 Å². The van der Waals surface area contributed by atoms with Gasteiger partial charge in [0.25, 0.3) is 5.91 Å². The number of thiazole rings is 1. The van der Waals surface area contributed by atoms with Crippen LogP contribution in [0.5, 0.6) is 0 Å². The Kier molecular flexibility index (Phi) is 4.73. The molecule has 0 bridgehead atoms. The first-order valence-electron chi connectivity index (χ1n) is 5.59. The molecule has 18 heavy (non-hydrogen) atoms. The molecule has 1 unspecified atom stereocenters. The number of alkyl halides is 1. The van der Waals surface area contributed by atoms with Crippen LogP contribution in [0.15, 0.2) is 42.0 Å². The van der Waals surface area contributed by atoms with Crippen molar-refractivity contribution in [2.45, 2.75) is 12.5 Å². The lowest BCUT2D eigenvalue weighted by Crippen LogP contribution is -2.37. The number of aromatic nitrogens is 1. The molecule has 1 aromatic carbocycles. The summed E-state index contributed by atoms with van der Waals surface area (Å²) in [4.78, 5) is 16.4. The average molecular weight is 281 g/mol. The van der Waals surface area contributed by atoms with Crippen LogP contribution < -0.4 is 5.32 Å². The maximum Gasteiger partial charge on any atom is 0.263 e. The number of hydrogen-bond acceptors (Lipinski definition) is 3. The maximum absolute atomic E-state index is 11.9. The Bertz CT molecular complexity index is 487. The highest BCUT2D eigenvalue weighted by atomic mass is 35.5. The molecule has 2 rings (SSSR count). The molecule has 3 nitrogen and oxygen atoms in total. The molecule has 94 valence electrons. The van der Waals surface area contributed by atoms with E-state index < -0.39 is 0 Å². The van der Waals surface area contributed by atoms with Crippen LogP contribution in [0, 0.1) is 0 Å². The van der Waals surface area contributed by atoms with E-state index in [2.05, 4.69) is 10.3 Å². The molecule has 0 saturated heterocycles. The summed E-state index contributed by atoms with van der Waals surface area (Å²) in [6, 6.07) is 9.91. The number of carbonyl (C=O) groups is 1. The third kappa shape index (κ3) is 3.55. The number of carbonyl (C=O) groups excluding carboxylic acids is 1. The van der Waals surface area contributed by atoms with Crippen LogP contribution in [0.1, 0.15) is 15.2 Å². The molecule has 0 aliphatic heterocycles. The van der Waals surface area contributed by atoms with Crippen molar-refractivity contribution in [3.8, 4) is 0 Å². The van der Waals surface area contributed by atoms with E-state index in [0.29, 0.717) is 10.8 Å². The third-order valence-electron chi connectivity index (χ3n) is 2.50. The minimum atomic E-state index is -0.112. The van der Waals surface area contributed by atoms with Gasteiger partial charge >= 0.3 is 0 Å². The van der Waals surface area contributed by atoms with Crippen LogP contribution >= 0.6 is 22.9 Å². The molecule has 2 aromatic rings. The van der Waals surface area contributed by atoms with Crippen LogP contribution in [0.25, 0.3) is 0 Å². The molecule has 0 aliphatic carbocycles. The van der Waals surface area contributed by atoms with E-state index in [9.17, 15) is 4.79 Å². The summed E-state index contributed by atoms with van der Waals surface area (Å²) in [5.74, 6) is 0.276. The lowest BCUT2D eigenvalue weighted by molar-refractivity contribution is 0.0944. The number of benzene rings is 1. The SMILES string of the molecule is O=C(NC(CCl)Cc1ccccc1)c1cncs1. The summed E-state index contributed by atoms with van der Waals surface area (Å²) in [7, 11) is 0. The topological polar surface area (TPSA) is 42.0 Å². The Labute approximate surface area is 115 Å². The predicted molar refractivity (Wildman–Crippen MR) is 74.2 cm³/mol. The monoisotopic (exact) mass is 280 g/mol. The van der Waals surface area contributed by atoms with Gasteiger partial charge in [-0.05, 0) is 12.0 Å². The molecule has 1 atom stereocenters. The second kappa shape index (κ2) is 6.52. The van der Waals surface area contributed by atoms with Crippen molar-refractivity contribution in [2.24, 2.45) is 0 Å². The summed E-state index contributed by atoms with van der Waals surface area (Å²) in [6.45, 7) is 0. The zero-order valence-corrected chi connectivity index (χ0v) is 11.2.